The Bertz CT molecular complexity index is 935. The first-order chi connectivity index (χ1) is 11.1. The van der Waals surface area contributed by atoms with Gasteiger partial charge < -0.3 is 15.3 Å². The number of rotatable bonds is 5. The fourth-order valence-corrected chi connectivity index (χ4v) is 3.06. The van der Waals surface area contributed by atoms with Crippen molar-refractivity contribution in [1.29, 1.82) is 0 Å². The molecule has 0 saturated carbocycles. The lowest BCUT2D eigenvalue weighted by atomic mass is 10.1. The Labute approximate surface area is 137 Å². The maximum absolute atomic E-state index is 12.3. The molecule has 0 saturated heterocycles. The van der Waals surface area contributed by atoms with Crippen LogP contribution in [-0.4, -0.2) is 35.7 Å². The molecule has 0 aliphatic heterocycles. The van der Waals surface area contributed by atoms with Gasteiger partial charge in [-0.1, -0.05) is 6.07 Å². The number of carboxylic acids is 2. The van der Waals surface area contributed by atoms with E-state index >= 15 is 0 Å². The number of aromatic carboxylic acids is 2. The Morgan fingerprint density at radius 2 is 1.58 bits per heavy atom. The molecule has 0 aromatic heterocycles. The van der Waals surface area contributed by atoms with E-state index < -0.39 is 33.3 Å². The summed E-state index contributed by atoms with van der Waals surface area (Å²) in [4.78, 5) is 21.8. The first-order valence-corrected chi connectivity index (χ1v) is 8.03. The Kier molecular flexibility index (Phi) is 4.47. The van der Waals surface area contributed by atoms with E-state index in [0.717, 1.165) is 18.2 Å². The molecule has 0 heterocycles. The van der Waals surface area contributed by atoms with Crippen molar-refractivity contribution in [2.75, 3.05) is 4.72 Å². The summed E-state index contributed by atoms with van der Waals surface area (Å²) in [6.45, 7) is 1.53. The van der Waals surface area contributed by atoms with Crippen LogP contribution >= 0.6 is 0 Å². The normalized spacial score (nSPS) is 11.0. The third kappa shape index (κ3) is 3.46. The lowest BCUT2D eigenvalue weighted by Crippen LogP contribution is -2.14. The first-order valence-electron chi connectivity index (χ1n) is 6.55. The van der Waals surface area contributed by atoms with E-state index in [1.54, 1.807) is 0 Å². The molecule has 2 aromatic carbocycles. The fourth-order valence-electron chi connectivity index (χ4n) is 1.98. The minimum Gasteiger partial charge on any atom is -0.507 e. The first kappa shape index (κ1) is 17.3. The van der Waals surface area contributed by atoms with Crippen LogP contribution < -0.4 is 4.72 Å². The number of carboxylic acid groups (broad SMARTS) is 2. The van der Waals surface area contributed by atoms with Crippen LogP contribution in [0, 0.1) is 6.92 Å². The molecule has 0 unspecified atom stereocenters. The molecule has 0 aliphatic rings. The second-order valence-corrected chi connectivity index (χ2v) is 6.61. The van der Waals surface area contributed by atoms with Gasteiger partial charge in [0.25, 0.3) is 10.0 Å². The van der Waals surface area contributed by atoms with Gasteiger partial charge in [-0.25, -0.2) is 18.0 Å². The van der Waals surface area contributed by atoms with Crippen molar-refractivity contribution >= 4 is 27.6 Å². The number of aryl methyl sites for hydroxylation is 1. The standard InChI is InChI=1S/C15H13NO7S/c1-8-2-4-10(7-11(8)14(18)19)24(22,23)16-9-3-5-13(17)12(6-9)15(20)21/h2-7,16-17H,1H3,(H,18,19)(H,20,21). The minimum atomic E-state index is -4.13. The molecular weight excluding hydrogens is 338 g/mol. The molecular formula is C15H13NO7S. The van der Waals surface area contributed by atoms with Crippen molar-refractivity contribution < 1.29 is 33.3 Å². The minimum absolute atomic E-state index is 0.0809. The summed E-state index contributed by atoms with van der Waals surface area (Å²) in [6, 6.07) is 6.80. The second kappa shape index (κ2) is 6.20. The fraction of sp³-hybridized carbons (Fsp3) is 0.0667. The zero-order valence-electron chi connectivity index (χ0n) is 12.3. The predicted octanol–water partition coefficient (Wildman–Crippen LogP) is 1.90. The largest absolute Gasteiger partial charge is 0.507 e. The topological polar surface area (TPSA) is 141 Å². The van der Waals surface area contributed by atoms with Gasteiger partial charge in [-0.2, -0.15) is 0 Å². The van der Waals surface area contributed by atoms with E-state index in [-0.39, 0.29) is 16.1 Å². The zero-order chi connectivity index (χ0) is 18.1. The monoisotopic (exact) mass is 351 g/mol. The number of benzene rings is 2. The number of aromatic hydroxyl groups is 1. The molecule has 0 radical (unpaired) electrons. The molecule has 8 nitrogen and oxygen atoms in total. The average Bonchev–Trinajstić information content (AvgIpc) is 2.48. The molecule has 2 rings (SSSR count). The summed E-state index contributed by atoms with van der Waals surface area (Å²) in [5.41, 5.74) is -0.304. The quantitative estimate of drug-likeness (QED) is 0.603. The highest BCUT2D eigenvalue weighted by molar-refractivity contribution is 7.92. The van der Waals surface area contributed by atoms with E-state index in [1.165, 1.54) is 25.1 Å². The molecule has 126 valence electrons. The third-order valence-corrected chi connectivity index (χ3v) is 4.61. The van der Waals surface area contributed by atoms with Gasteiger partial charge >= 0.3 is 11.9 Å². The van der Waals surface area contributed by atoms with Crippen LogP contribution in [0.5, 0.6) is 5.75 Å². The van der Waals surface area contributed by atoms with Gasteiger partial charge in [0.1, 0.15) is 11.3 Å². The van der Waals surface area contributed by atoms with E-state index in [9.17, 15) is 23.1 Å². The van der Waals surface area contributed by atoms with Crippen molar-refractivity contribution in [3.8, 4) is 5.75 Å². The van der Waals surface area contributed by atoms with Crippen molar-refractivity contribution in [3.05, 3.63) is 53.1 Å². The second-order valence-electron chi connectivity index (χ2n) is 4.92. The maximum Gasteiger partial charge on any atom is 0.339 e. The Morgan fingerprint density at radius 1 is 0.958 bits per heavy atom. The molecule has 2 aromatic rings. The summed E-state index contributed by atoms with van der Waals surface area (Å²) < 4.78 is 26.8. The SMILES string of the molecule is Cc1ccc(S(=O)(=O)Nc2ccc(O)c(C(=O)O)c2)cc1C(=O)O. The number of sulfonamides is 1. The van der Waals surface area contributed by atoms with Crippen LogP contribution in [0.25, 0.3) is 0 Å². The molecule has 0 bridgehead atoms. The van der Waals surface area contributed by atoms with Crippen LogP contribution in [0.4, 0.5) is 5.69 Å². The maximum atomic E-state index is 12.3. The van der Waals surface area contributed by atoms with E-state index in [0.29, 0.717) is 5.56 Å². The number of anilines is 1. The van der Waals surface area contributed by atoms with Crippen LogP contribution in [0.15, 0.2) is 41.3 Å². The summed E-state index contributed by atoms with van der Waals surface area (Å²) in [5.74, 6) is -3.19. The highest BCUT2D eigenvalue weighted by Gasteiger charge is 2.19. The van der Waals surface area contributed by atoms with Crippen LogP contribution in [0.2, 0.25) is 0 Å². The number of carbonyl (C=O) groups is 2. The van der Waals surface area contributed by atoms with Gasteiger partial charge in [0.05, 0.1) is 10.5 Å². The third-order valence-electron chi connectivity index (χ3n) is 3.23. The lowest BCUT2D eigenvalue weighted by Gasteiger charge is -2.11. The molecule has 0 amide bonds. The molecule has 0 aliphatic carbocycles. The number of hydrogen-bond donors (Lipinski definition) is 4. The highest BCUT2D eigenvalue weighted by atomic mass is 32.2. The van der Waals surface area contributed by atoms with Crippen molar-refractivity contribution in [1.82, 2.24) is 0 Å². The molecule has 0 spiro atoms. The van der Waals surface area contributed by atoms with Crippen LogP contribution in [0.3, 0.4) is 0 Å². The summed E-state index contributed by atoms with van der Waals surface area (Å²) in [6.07, 6.45) is 0. The smallest absolute Gasteiger partial charge is 0.339 e. The van der Waals surface area contributed by atoms with Crippen molar-refractivity contribution in [2.24, 2.45) is 0 Å². The Morgan fingerprint density at radius 3 is 2.17 bits per heavy atom. The van der Waals surface area contributed by atoms with Crippen LogP contribution in [0.1, 0.15) is 26.3 Å². The van der Waals surface area contributed by atoms with Crippen LogP contribution in [-0.2, 0) is 10.0 Å². The Balaban J connectivity index is 2.42. The van der Waals surface area contributed by atoms with E-state index in [1.807, 2.05) is 0 Å². The number of nitrogens with one attached hydrogen (secondary N) is 1. The number of hydrogen-bond acceptors (Lipinski definition) is 5. The molecule has 0 atom stereocenters. The van der Waals surface area contributed by atoms with Gasteiger partial charge in [0.2, 0.25) is 0 Å². The van der Waals surface area contributed by atoms with Gasteiger partial charge in [-0.3, -0.25) is 4.72 Å². The van der Waals surface area contributed by atoms with Gasteiger partial charge in [-0.15, -0.1) is 0 Å². The highest BCUT2D eigenvalue weighted by Crippen LogP contribution is 2.24. The predicted molar refractivity (Wildman–Crippen MR) is 84.0 cm³/mol. The molecule has 0 fully saturated rings. The molecule has 24 heavy (non-hydrogen) atoms. The van der Waals surface area contributed by atoms with Gasteiger partial charge in [-0.05, 0) is 42.8 Å². The Hall–Kier alpha value is -3.07. The molecule has 4 N–H and O–H groups in total. The number of phenols is 1. The van der Waals surface area contributed by atoms with Crippen molar-refractivity contribution in [3.63, 3.8) is 0 Å². The van der Waals surface area contributed by atoms with E-state index in [2.05, 4.69) is 4.72 Å². The molecule has 9 heteroatoms. The van der Waals surface area contributed by atoms with Gasteiger partial charge in [0.15, 0.2) is 0 Å². The van der Waals surface area contributed by atoms with Crippen molar-refractivity contribution in [2.45, 2.75) is 11.8 Å². The lowest BCUT2D eigenvalue weighted by molar-refractivity contribution is 0.0683. The summed E-state index contributed by atoms with van der Waals surface area (Å²) in [7, 11) is -4.13. The van der Waals surface area contributed by atoms with E-state index in [4.69, 9.17) is 10.2 Å². The summed E-state index contributed by atoms with van der Waals surface area (Å²) >= 11 is 0. The van der Waals surface area contributed by atoms with Gasteiger partial charge in [0, 0.05) is 5.69 Å². The zero-order valence-corrected chi connectivity index (χ0v) is 13.2. The summed E-state index contributed by atoms with van der Waals surface area (Å²) in [5, 5.41) is 27.4. The average molecular weight is 351 g/mol.